The van der Waals surface area contributed by atoms with Gasteiger partial charge < -0.3 is 5.73 Å². The number of hydrogen-bond acceptors (Lipinski definition) is 2. The van der Waals surface area contributed by atoms with Crippen molar-refractivity contribution in [3.8, 4) is 0 Å². The molecule has 0 bridgehead atoms. The molecule has 2 aromatic rings. The van der Waals surface area contributed by atoms with E-state index in [2.05, 4.69) is 18.9 Å². The summed E-state index contributed by atoms with van der Waals surface area (Å²) in [6, 6.07) is 5.63. The SMILES string of the molecule is CCc1nn(Cc2cccc(Cl)c2Cl)c(CC)c1N. The number of halogens is 2. The standard InChI is InChI=1S/C14H17Cl2N3/c1-3-11-14(17)12(4-2)19(18-11)8-9-6-5-7-10(15)13(9)16/h5-7H,3-4,8,17H2,1-2H3. The van der Waals surface area contributed by atoms with Gasteiger partial charge in [0.25, 0.3) is 0 Å². The molecule has 0 fully saturated rings. The van der Waals surface area contributed by atoms with Crippen LogP contribution in [0.15, 0.2) is 18.2 Å². The van der Waals surface area contributed by atoms with Gasteiger partial charge in [-0.1, -0.05) is 49.2 Å². The largest absolute Gasteiger partial charge is 0.396 e. The number of hydrogen-bond donors (Lipinski definition) is 1. The van der Waals surface area contributed by atoms with Crippen LogP contribution in [-0.4, -0.2) is 9.78 Å². The minimum atomic E-state index is 0.563. The van der Waals surface area contributed by atoms with Gasteiger partial charge in [-0.3, -0.25) is 4.68 Å². The predicted octanol–water partition coefficient (Wildman–Crippen LogP) is 3.95. The van der Waals surface area contributed by atoms with Crippen LogP contribution in [0.4, 0.5) is 5.69 Å². The molecular weight excluding hydrogens is 281 g/mol. The molecule has 0 unspecified atom stereocenters. The Kier molecular flexibility index (Phi) is 4.38. The molecule has 0 aliphatic heterocycles. The lowest BCUT2D eigenvalue weighted by Gasteiger charge is -2.09. The number of aryl methyl sites for hydroxylation is 1. The molecule has 19 heavy (non-hydrogen) atoms. The number of benzene rings is 1. The number of nitrogens with two attached hydrogens (primary N) is 1. The van der Waals surface area contributed by atoms with Gasteiger partial charge >= 0.3 is 0 Å². The van der Waals surface area contributed by atoms with Crippen molar-refractivity contribution in [2.24, 2.45) is 0 Å². The molecule has 0 spiro atoms. The molecule has 1 heterocycles. The summed E-state index contributed by atoms with van der Waals surface area (Å²) >= 11 is 12.2. The normalized spacial score (nSPS) is 10.9. The highest BCUT2D eigenvalue weighted by Gasteiger charge is 2.14. The van der Waals surface area contributed by atoms with E-state index in [1.54, 1.807) is 6.07 Å². The topological polar surface area (TPSA) is 43.8 Å². The van der Waals surface area contributed by atoms with E-state index >= 15 is 0 Å². The van der Waals surface area contributed by atoms with Gasteiger partial charge in [0.15, 0.2) is 0 Å². The van der Waals surface area contributed by atoms with Crippen LogP contribution in [0.3, 0.4) is 0 Å². The summed E-state index contributed by atoms with van der Waals surface area (Å²) in [5.74, 6) is 0. The van der Waals surface area contributed by atoms with Gasteiger partial charge in [0.05, 0.1) is 33.7 Å². The first-order valence-electron chi connectivity index (χ1n) is 6.35. The van der Waals surface area contributed by atoms with Crippen LogP contribution in [0.25, 0.3) is 0 Å². The number of anilines is 1. The van der Waals surface area contributed by atoms with E-state index in [4.69, 9.17) is 28.9 Å². The van der Waals surface area contributed by atoms with Crippen molar-refractivity contribution >= 4 is 28.9 Å². The van der Waals surface area contributed by atoms with Crippen LogP contribution in [0, 0.1) is 0 Å². The molecule has 2 rings (SSSR count). The van der Waals surface area contributed by atoms with E-state index < -0.39 is 0 Å². The number of aromatic nitrogens is 2. The van der Waals surface area contributed by atoms with Gasteiger partial charge in [-0.05, 0) is 24.5 Å². The Bertz CT molecular complexity index is 591. The van der Waals surface area contributed by atoms with Crippen molar-refractivity contribution in [1.82, 2.24) is 9.78 Å². The average Bonchev–Trinajstić information content (AvgIpc) is 2.70. The molecule has 3 nitrogen and oxygen atoms in total. The molecule has 0 aliphatic rings. The molecule has 0 atom stereocenters. The van der Waals surface area contributed by atoms with Crippen molar-refractivity contribution in [2.75, 3.05) is 5.73 Å². The molecule has 0 amide bonds. The van der Waals surface area contributed by atoms with E-state index in [-0.39, 0.29) is 0 Å². The number of nitrogens with zero attached hydrogens (tertiary/aromatic N) is 2. The van der Waals surface area contributed by atoms with Crippen LogP contribution in [-0.2, 0) is 19.4 Å². The summed E-state index contributed by atoms with van der Waals surface area (Å²) in [5.41, 5.74) is 9.84. The van der Waals surface area contributed by atoms with Gasteiger partial charge in [0.1, 0.15) is 0 Å². The Morgan fingerprint density at radius 1 is 1.21 bits per heavy atom. The fourth-order valence-electron chi connectivity index (χ4n) is 2.16. The third-order valence-electron chi connectivity index (χ3n) is 3.20. The first kappa shape index (κ1) is 14.2. The Balaban J connectivity index is 2.40. The van der Waals surface area contributed by atoms with Gasteiger partial charge in [-0.15, -0.1) is 0 Å². The molecule has 0 aliphatic carbocycles. The third-order valence-corrected chi connectivity index (χ3v) is 4.05. The highest BCUT2D eigenvalue weighted by atomic mass is 35.5. The maximum atomic E-state index is 6.21. The average molecular weight is 298 g/mol. The number of nitrogen functional groups attached to an aromatic ring is 1. The zero-order valence-electron chi connectivity index (χ0n) is 11.1. The van der Waals surface area contributed by atoms with Crippen LogP contribution < -0.4 is 5.73 Å². The lowest BCUT2D eigenvalue weighted by atomic mass is 10.2. The Labute approximate surface area is 123 Å². The van der Waals surface area contributed by atoms with Gasteiger partial charge in [-0.2, -0.15) is 5.10 Å². The Morgan fingerprint density at radius 2 is 1.95 bits per heavy atom. The lowest BCUT2D eigenvalue weighted by molar-refractivity contribution is 0.641. The molecule has 2 N–H and O–H groups in total. The van der Waals surface area contributed by atoms with Crippen molar-refractivity contribution in [3.05, 3.63) is 45.2 Å². The first-order chi connectivity index (χ1) is 9.08. The Morgan fingerprint density at radius 3 is 2.58 bits per heavy atom. The third kappa shape index (κ3) is 2.72. The van der Waals surface area contributed by atoms with Crippen molar-refractivity contribution in [2.45, 2.75) is 33.2 Å². The summed E-state index contributed by atoms with van der Waals surface area (Å²) in [7, 11) is 0. The summed E-state index contributed by atoms with van der Waals surface area (Å²) < 4.78 is 1.92. The highest BCUT2D eigenvalue weighted by molar-refractivity contribution is 6.42. The first-order valence-corrected chi connectivity index (χ1v) is 7.10. The maximum Gasteiger partial charge on any atom is 0.0854 e. The van der Waals surface area contributed by atoms with Gasteiger partial charge in [-0.25, -0.2) is 0 Å². The number of rotatable bonds is 4. The summed E-state index contributed by atoms with van der Waals surface area (Å²) in [6.45, 7) is 4.71. The van der Waals surface area contributed by atoms with E-state index in [0.29, 0.717) is 16.6 Å². The maximum absolute atomic E-state index is 6.21. The van der Waals surface area contributed by atoms with Crippen molar-refractivity contribution in [1.29, 1.82) is 0 Å². The molecule has 0 radical (unpaired) electrons. The molecule has 0 saturated carbocycles. The van der Waals surface area contributed by atoms with Crippen LogP contribution in [0.5, 0.6) is 0 Å². The summed E-state index contributed by atoms with van der Waals surface area (Å²) in [5, 5.41) is 5.70. The van der Waals surface area contributed by atoms with E-state index in [1.807, 2.05) is 16.8 Å². The quantitative estimate of drug-likeness (QED) is 0.929. The van der Waals surface area contributed by atoms with Crippen LogP contribution >= 0.6 is 23.2 Å². The molecule has 0 saturated heterocycles. The molecule has 5 heteroatoms. The lowest BCUT2D eigenvalue weighted by Crippen LogP contribution is -2.07. The van der Waals surface area contributed by atoms with Crippen LogP contribution in [0.2, 0.25) is 10.0 Å². The summed E-state index contributed by atoms with van der Waals surface area (Å²) in [6.07, 6.45) is 1.67. The minimum Gasteiger partial charge on any atom is -0.396 e. The van der Waals surface area contributed by atoms with E-state index in [9.17, 15) is 0 Å². The smallest absolute Gasteiger partial charge is 0.0854 e. The molecule has 102 valence electrons. The van der Waals surface area contributed by atoms with Gasteiger partial charge in [0.2, 0.25) is 0 Å². The van der Waals surface area contributed by atoms with Gasteiger partial charge in [0, 0.05) is 0 Å². The predicted molar refractivity (Wildman–Crippen MR) is 81.0 cm³/mol. The highest BCUT2D eigenvalue weighted by Crippen LogP contribution is 2.27. The van der Waals surface area contributed by atoms with E-state index in [1.165, 1.54) is 0 Å². The van der Waals surface area contributed by atoms with Crippen LogP contribution in [0.1, 0.15) is 30.8 Å². The molecule has 1 aromatic heterocycles. The summed E-state index contributed by atoms with van der Waals surface area (Å²) in [4.78, 5) is 0. The zero-order chi connectivity index (χ0) is 14.0. The minimum absolute atomic E-state index is 0.563. The second kappa shape index (κ2) is 5.85. The zero-order valence-corrected chi connectivity index (χ0v) is 12.6. The second-order valence-corrected chi connectivity index (χ2v) is 5.17. The Hall–Kier alpha value is -1.19. The fraction of sp³-hybridized carbons (Fsp3) is 0.357. The fourth-order valence-corrected chi connectivity index (χ4v) is 2.54. The second-order valence-electron chi connectivity index (χ2n) is 4.38. The molecular formula is C14H17Cl2N3. The van der Waals surface area contributed by atoms with Crippen molar-refractivity contribution in [3.63, 3.8) is 0 Å². The monoisotopic (exact) mass is 297 g/mol. The molecule has 1 aromatic carbocycles. The van der Waals surface area contributed by atoms with E-state index in [0.717, 1.165) is 35.5 Å². The van der Waals surface area contributed by atoms with Crippen molar-refractivity contribution < 1.29 is 0 Å².